The van der Waals surface area contributed by atoms with Gasteiger partial charge in [0.15, 0.2) is 0 Å². The van der Waals surface area contributed by atoms with Crippen molar-refractivity contribution in [3.63, 3.8) is 0 Å². The number of hydrogen-bond donors (Lipinski definition) is 3. The van der Waals surface area contributed by atoms with Crippen molar-refractivity contribution in [1.29, 1.82) is 0 Å². The SMILES string of the molecule is Cl.Cl.O.OCCNCCCNc1c2ccccc2nc2c1ccc1ccccc12. The number of aliphatic hydroxyl groups is 1. The summed E-state index contributed by atoms with van der Waals surface area (Å²) < 4.78 is 0. The summed E-state index contributed by atoms with van der Waals surface area (Å²) in [5.74, 6) is 0. The molecule has 29 heavy (non-hydrogen) atoms. The molecule has 0 bridgehead atoms. The zero-order chi connectivity index (χ0) is 17.8. The summed E-state index contributed by atoms with van der Waals surface area (Å²) in [6, 6.07) is 21.0. The topological polar surface area (TPSA) is 88.7 Å². The van der Waals surface area contributed by atoms with Crippen molar-refractivity contribution >= 4 is 63.1 Å². The van der Waals surface area contributed by atoms with Crippen LogP contribution >= 0.6 is 24.8 Å². The molecule has 1 heterocycles. The molecule has 0 saturated carbocycles. The molecule has 4 rings (SSSR count). The van der Waals surface area contributed by atoms with Gasteiger partial charge in [0.1, 0.15) is 0 Å². The molecule has 7 heteroatoms. The lowest BCUT2D eigenvalue weighted by molar-refractivity contribution is 0.292. The van der Waals surface area contributed by atoms with E-state index in [0.717, 1.165) is 47.0 Å². The third kappa shape index (κ3) is 5.26. The zero-order valence-electron chi connectivity index (χ0n) is 16.0. The standard InChI is InChI=1S/C22H23N3O.2ClH.H2O/c26-15-14-23-12-5-13-24-21-18-8-3-4-9-20(18)25-22-17-7-2-1-6-16(17)10-11-19(21)22;;;/h1-4,6-11,23,26H,5,12-15H2,(H,24,25);2*1H;1H2. The maximum absolute atomic E-state index is 8.84. The Balaban J connectivity index is 0.00000140. The molecule has 3 aromatic carbocycles. The molecule has 5 N–H and O–H groups in total. The number of hydrogen-bond acceptors (Lipinski definition) is 4. The third-order valence-corrected chi connectivity index (χ3v) is 4.70. The fraction of sp³-hybridized carbons (Fsp3) is 0.227. The van der Waals surface area contributed by atoms with Gasteiger partial charge in [0.2, 0.25) is 0 Å². The van der Waals surface area contributed by atoms with Crippen LogP contribution in [-0.2, 0) is 0 Å². The number of halogens is 2. The summed E-state index contributed by atoms with van der Waals surface area (Å²) in [5.41, 5.74) is 3.21. The van der Waals surface area contributed by atoms with Gasteiger partial charge in [0, 0.05) is 29.2 Å². The van der Waals surface area contributed by atoms with Gasteiger partial charge in [-0.25, -0.2) is 4.98 Å². The molecule has 0 saturated heterocycles. The van der Waals surface area contributed by atoms with Crippen molar-refractivity contribution in [2.24, 2.45) is 0 Å². The van der Waals surface area contributed by atoms with E-state index in [4.69, 9.17) is 10.1 Å². The molecule has 0 aliphatic heterocycles. The van der Waals surface area contributed by atoms with Crippen LogP contribution in [0.5, 0.6) is 0 Å². The highest BCUT2D eigenvalue weighted by Gasteiger charge is 2.10. The van der Waals surface area contributed by atoms with Gasteiger partial charge in [-0.15, -0.1) is 24.8 Å². The van der Waals surface area contributed by atoms with E-state index in [0.29, 0.717) is 6.54 Å². The van der Waals surface area contributed by atoms with Crippen LogP contribution in [0.4, 0.5) is 5.69 Å². The van der Waals surface area contributed by atoms with Crippen LogP contribution in [0, 0.1) is 0 Å². The lowest BCUT2D eigenvalue weighted by Crippen LogP contribution is -2.21. The van der Waals surface area contributed by atoms with Gasteiger partial charge in [-0.3, -0.25) is 0 Å². The predicted octanol–water partition coefficient (Wildman–Crippen LogP) is 3.94. The van der Waals surface area contributed by atoms with E-state index in [1.54, 1.807) is 0 Å². The van der Waals surface area contributed by atoms with Gasteiger partial charge in [0.05, 0.1) is 23.3 Å². The molecule has 0 unspecified atom stereocenters. The van der Waals surface area contributed by atoms with Crippen LogP contribution in [-0.4, -0.2) is 41.8 Å². The van der Waals surface area contributed by atoms with Gasteiger partial charge < -0.3 is 21.2 Å². The van der Waals surface area contributed by atoms with Crippen LogP contribution in [0.25, 0.3) is 32.6 Å². The van der Waals surface area contributed by atoms with Gasteiger partial charge in [0.25, 0.3) is 0 Å². The van der Waals surface area contributed by atoms with Gasteiger partial charge >= 0.3 is 0 Å². The summed E-state index contributed by atoms with van der Waals surface area (Å²) in [6.07, 6.45) is 0.992. The molecule has 0 atom stereocenters. The fourth-order valence-electron chi connectivity index (χ4n) is 3.45. The van der Waals surface area contributed by atoms with E-state index in [-0.39, 0.29) is 36.9 Å². The van der Waals surface area contributed by atoms with Crippen LogP contribution in [0.1, 0.15) is 6.42 Å². The first kappa shape index (κ1) is 24.9. The summed E-state index contributed by atoms with van der Waals surface area (Å²) in [7, 11) is 0. The molecule has 0 spiro atoms. The van der Waals surface area contributed by atoms with Crippen LogP contribution in [0.15, 0.2) is 60.7 Å². The number of fused-ring (bicyclic) bond motifs is 4. The Labute approximate surface area is 182 Å². The molecule has 1 aromatic heterocycles. The van der Waals surface area contributed by atoms with Crippen molar-refractivity contribution in [1.82, 2.24) is 10.3 Å². The van der Waals surface area contributed by atoms with Crippen molar-refractivity contribution < 1.29 is 10.6 Å². The summed E-state index contributed by atoms with van der Waals surface area (Å²) in [6.45, 7) is 2.58. The Morgan fingerprint density at radius 2 is 1.48 bits per heavy atom. The molecule has 0 fully saturated rings. The quantitative estimate of drug-likeness (QED) is 0.233. The van der Waals surface area contributed by atoms with Gasteiger partial charge in [-0.1, -0.05) is 54.6 Å². The second-order valence-electron chi connectivity index (χ2n) is 6.44. The predicted molar refractivity (Wildman–Crippen MR) is 128 cm³/mol. The first-order valence-electron chi connectivity index (χ1n) is 9.14. The van der Waals surface area contributed by atoms with E-state index >= 15 is 0 Å². The van der Waals surface area contributed by atoms with Crippen LogP contribution < -0.4 is 10.6 Å². The highest BCUT2D eigenvalue weighted by Crippen LogP contribution is 2.34. The number of para-hydroxylation sites is 1. The molecule has 0 aliphatic rings. The van der Waals surface area contributed by atoms with Crippen molar-refractivity contribution in [3.8, 4) is 0 Å². The highest BCUT2D eigenvalue weighted by atomic mass is 35.5. The Kier molecular flexibility index (Phi) is 10.1. The smallest absolute Gasteiger partial charge is 0.0808 e. The number of benzene rings is 3. The number of nitrogens with one attached hydrogen (secondary N) is 2. The van der Waals surface area contributed by atoms with E-state index in [1.165, 1.54) is 10.8 Å². The Morgan fingerprint density at radius 3 is 2.28 bits per heavy atom. The van der Waals surface area contributed by atoms with Crippen LogP contribution in [0.2, 0.25) is 0 Å². The second kappa shape index (κ2) is 11.8. The number of anilines is 1. The summed E-state index contributed by atoms with van der Waals surface area (Å²) in [5, 5.41) is 20.4. The lowest BCUT2D eigenvalue weighted by atomic mass is 10.0. The van der Waals surface area contributed by atoms with Crippen molar-refractivity contribution in [2.75, 3.05) is 31.6 Å². The molecule has 5 nitrogen and oxygen atoms in total. The van der Waals surface area contributed by atoms with Crippen molar-refractivity contribution in [3.05, 3.63) is 60.7 Å². The van der Waals surface area contributed by atoms with E-state index in [9.17, 15) is 0 Å². The van der Waals surface area contributed by atoms with E-state index in [1.807, 2.05) is 6.07 Å². The maximum Gasteiger partial charge on any atom is 0.0808 e. The maximum atomic E-state index is 8.84. The van der Waals surface area contributed by atoms with Gasteiger partial charge in [-0.2, -0.15) is 0 Å². The number of nitrogens with zero attached hydrogens (tertiary/aromatic N) is 1. The molecule has 0 aliphatic carbocycles. The Morgan fingerprint density at radius 1 is 0.759 bits per heavy atom. The number of aromatic nitrogens is 1. The second-order valence-corrected chi connectivity index (χ2v) is 6.44. The molecule has 4 aromatic rings. The van der Waals surface area contributed by atoms with E-state index in [2.05, 4.69) is 65.2 Å². The minimum Gasteiger partial charge on any atom is -0.412 e. The zero-order valence-corrected chi connectivity index (χ0v) is 17.7. The van der Waals surface area contributed by atoms with Crippen LogP contribution in [0.3, 0.4) is 0 Å². The number of aliphatic hydroxyl groups excluding tert-OH is 1. The monoisotopic (exact) mass is 435 g/mol. The van der Waals surface area contributed by atoms with Crippen molar-refractivity contribution in [2.45, 2.75) is 6.42 Å². The molecular weight excluding hydrogens is 409 g/mol. The Hall–Kier alpha value is -2.15. The molecule has 0 amide bonds. The third-order valence-electron chi connectivity index (χ3n) is 4.70. The summed E-state index contributed by atoms with van der Waals surface area (Å²) >= 11 is 0. The van der Waals surface area contributed by atoms with E-state index < -0.39 is 0 Å². The number of pyridine rings is 1. The number of rotatable bonds is 7. The first-order chi connectivity index (χ1) is 12.9. The average Bonchev–Trinajstić information content (AvgIpc) is 2.69. The lowest BCUT2D eigenvalue weighted by Gasteiger charge is -2.14. The molecular formula is C22H27Cl2N3O2. The Bertz CT molecular complexity index is 1060. The molecule has 156 valence electrons. The molecule has 0 radical (unpaired) electrons. The minimum absolute atomic E-state index is 0. The fourth-order valence-corrected chi connectivity index (χ4v) is 3.45. The van der Waals surface area contributed by atoms with Gasteiger partial charge in [-0.05, 0) is 24.4 Å². The first-order valence-corrected chi connectivity index (χ1v) is 9.14. The summed E-state index contributed by atoms with van der Waals surface area (Å²) in [4.78, 5) is 4.96. The largest absolute Gasteiger partial charge is 0.412 e. The average molecular weight is 436 g/mol. The normalized spacial score (nSPS) is 10.2. The minimum atomic E-state index is 0. The highest BCUT2D eigenvalue weighted by molar-refractivity contribution is 6.15.